The summed E-state index contributed by atoms with van der Waals surface area (Å²) in [5.41, 5.74) is 0. The first-order chi connectivity index (χ1) is 8.95. The second-order valence-electron chi connectivity index (χ2n) is 4.61. The van der Waals surface area contributed by atoms with Crippen LogP contribution < -0.4 is 0 Å². The first kappa shape index (κ1) is 15.1. The van der Waals surface area contributed by atoms with Crippen molar-refractivity contribution in [2.24, 2.45) is 0 Å². The SMILES string of the molecule is COC(=O)CCCN(C)C(=O)c1n[nH]c(C(C)C)n1. The lowest BCUT2D eigenvalue weighted by atomic mass is 10.2. The van der Waals surface area contributed by atoms with E-state index in [1.165, 1.54) is 12.0 Å². The Hall–Kier alpha value is -1.92. The van der Waals surface area contributed by atoms with E-state index in [0.29, 0.717) is 25.2 Å². The number of carbonyl (C=O) groups excluding carboxylic acids is 2. The number of aromatic nitrogens is 3. The third-order valence-corrected chi connectivity index (χ3v) is 2.69. The molecule has 0 aliphatic rings. The summed E-state index contributed by atoms with van der Waals surface area (Å²) >= 11 is 0. The number of nitrogens with one attached hydrogen (secondary N) is 1. The van der Waals surface area contributed by atoms with Gasteiger partial charge in [0, 0.05) is 25.9 Å². The lowest BCUT2D eigenvalue weighted by molar-refractivity contribution is -0.140. The topological polar surface area (TPSA) is 88.2 Å². The number of carbonyl (C=O) groups is 2. The summed E-state index contributed by atoms with van der Waals surface area (Å²) < 4.78 is 4.53. The van der Waals surface area contributed by atoms with Crippen LogP contribution in [-0.2, 0) is 9.53 Å². The van der Waals surface area contributed by atoms with Gasteiger partial charge >= 0.3 is 5.97 Å². The average Bonchev–Trinajstić information content (AvgIpc) is 2.87. The third-order valence-electron chi connectivity index (χ3n) is 2.69. The molecule has 19 heavy (non-hydrogen) atoms. The predicted octanol–water partition coefficient (Wildman–Crippen LogP) is 0.953. The Kier molecular flexibility index (Phi) is 5.47. The van der Waals surface area contributed by atoms with E-state index in [2.05, 4.69) is 19.9 Å². The van der Waals surface area contributed by atoms with E-state index >= 15 is 0 Å². The molecule has 0 saturated carbocycles. The van der Waals surface area contributed by atoms with Gasteiger partial charge < -0.3 is 9.64 Å². The third kappa shape index (κ3) is 4.35. The van der Waals surface area contributed by atoms with Crippen molar-refractivity contribution in [2.75, 3.05) is 20.7 Å². The lowest BCUT2D eigenvalue weighted by Crippen LogP contribution is -2.29. The summed E-state index contributed by atoms with van der Waals surface area (Å²) in [6.45, 7) is 4.39. The maximum atomic E-state index is 12.0. The van der Waals surface area contributed by atoms with Gasteiger partial charge in [-0.3, -0.25) is 14.7 Å². The molecular formula is C12H20N4O3. The number of hydrogen-bond donors (Lipinski definition) is 1. The number of aromatic amines is 1. The summed E-state index contributed by atoms with van der Waals surface area (Å²) in [7, 11) is 3.00. The van der Waals surface area contributed by atoms with E-state index in [1.807, 2.05) is 13.8 Å². The van der Waals surface area contributed by atoms with Gasteiger partial charge in [0.2, 0.25) is 5.82 Å². The van der Waals surface area contributed by atoms with Gasteiger partial charge in [-0.1, -0.05) is 13.8 Å². The van der Waals surface area contributed by atoms with Gasteiger partial charge in [0.05, 0.1) is 7.11 Å². The quantitative estimate of drug-likeness (QED) is 0.776. The maximum absolute atomic E-state index is 12.0. The number of esters is 1. The van der Waals surface area contributed by atoms with Gasteiger partial charge in [0.25, 0.3) is 5.91 Å². The fourth-order valence-corrected chi connectivity index (χ4v) is 1.46. The molecule has 1 N–H and O–H groups in total. The van der Waals surface area contributed by atoms with Crippen LogP contribution >= 0.6 is 0 Å². The Morgan fingerprint density at radius 2 is 2.11 bits per heavy atom. The fourth-order valence-electron chi connectivity index (χ4n) is 1.46. The molecule has 0 aliphatic heterocycles. The predicted molar refractivity (Wildman–Crippen MR) is 68.7 cm³/mol. The van der Waals surface area contributed by atoms with E-state index in [4.69, 9.17) is 0 Å². The van der Waals surface area contributed by atoms with Crippen LogP contribution in [0, 0.1) is 0 Å². The van der Waals surface area contributed by atoms with Gasteiger partial charge in [-0.05, 0) is 6.42 Å². The molecule has 0 fully saturated rings. The number of H-pyrrole nitrogens is 1. The highest BCUT2D eigenvalue weighted by Gasteiger charge is 2.18. The first-order valence-corrected chi connectivity index (χ1v) is 6.20. The van der Waals surface area contributed by atoms with Crippen molar-refractivity contribution in [3.8, 4) is 0 Å². The highest BCUT2D eigenvalue weighted by Crippen LogP contribution is 2.08. The molecule has 1 rings (SSSR count). The number of rotatable bonds is 6. The van der Waals surface area contributed by atoms with Gasteiger partial charge in [0.1, 0.15) is 5.82 Å². The van der Waals surface area contributed by atoms with Crippen LogP contribution in [0.1, 0.15) is 49.1 Å². The summed E-state index contributed by atoms with van der Waals surface area (Å²) in [5.74, 6) is 0.503. The Morgan fingerprint density at radius 1 is 1.42 bits per heavy atom. The van der Waals surface area contributed by atoms with Crippen molar-refractivity contribution in [1.29, 1.82) is 0 Å². The molecule has 106 valence electrons. The monoisotopic (exact) mass is 268 g/mol. The van der Waals surface area contributed by atoms with Crippen LogP contribution in [0.3, 0.4) is 0 Å². The number of amides is 1. The van der Waals surface area contributed by atoms with Crippen LogP contribution in [0.25, 0.3) is 0 Å². The van der Waals surface area contributed by atoms with Gasteiger partial charge in [-0.25, -0.2) is 4.98 Å². The van der Waals surface area contributed by atoms with Crippen molar-refractivity contribution < 1.29 is 14.3 Å². The lowest BCUT2D eigenvalue weighted by Gasteiger charge is -2.14. The van der Waals surface area contributed by atoms with Gasteiger partial charge in [0.15, 0.2) is 0 Å². The van der Waals surface area contributed by atoms with Gasteiger partial charge in [-0.15, -0.1) is 5.10 Å². The second kappa shape index (κ2) is 6.86. The zero-order valence-electron chi connectivity index (χ0n) is 11.8. The fraction of sp³-hybridized carbons (Fsp3) is 0.667. The molecule has 0 unspecified atom stereocenters. The molecule has 1 aromatic rings. The molecule has 7 nitrogen and oxygen atoms in total. The minimum atomic E-state index is -0.277. The molecule has 0 spiro atoms. The van der Waals surface area contributed by atoms with E-state index in [0.717, 1.165) is 0 Å². The Labute approximate surface area is 112 Å². The van der Waals surface area contributed by atoms with E-state index < -0.39 is 0 Å². The number of nitrogens with zero attached hydrogens (tertiary/aromatic N) is 3. The summed E-state index contributed by atoms with van der Waals surface area (Å²) in [6, 6.07) is 0. The molecule has 0 aromatic carbocycles. The van der Waals surface area contributed by atoms with Gasteiger partial charge in [-0.2, -0.15) is 0 Å². The summed E-state index contributed by atoms with van der Waals surface area (Å²) in [4.78, 5) is 28.6. The zero-order valence-corrected chi connectivity index (χ0v) is 11.8. The largest absolute Gasteiger partial charge is 0.469 e. The number of methoxy groups -OCH3 is 1. The highest BCUT2D eigenvalue weighted by atomic mass is 16.5. The molecule has 0 atom stereocenters. The minimum Gasteiger partial charge on any atom is -0.469 e. The normalized spacial score (nSPS) is 10.6. The summed E-state index contributed by atoms with van der Waals surface area (Å²) in [6.07, 6.45) is 0.843. The molecule has 0 radical (unpaired) electrons. The van der Waals surface area contributed by atoms with Crippen molar-refractivity contribution in [3.63, 3.8) is 0 Å². The molecule has 0 aliphatic carbocycles. The molecule has 1 amide bonds. The van der Waals surface area contributed by atoms with Crippen LogP contribution in [0.4, 0.5) is 0 Å². The Bertz CT molecular complexity index is 442. The van der Waals surface area contributed by atoms with E-state index in [9.17, 15) is 9.59 Å². The average molecular weight is 268 g/mol. The molecule has 0 saturated heterocycles. The molecular weight excluding hydrogens is 248 g/mol. The van der Waals surface area contributed by atoms with Crippen LogP contribution in [0.5, 0.6) is 0 Å². The number of ether oxygens (including phenoxy) is 1. The smallest absolute Gasteiger partial charge is 0.305 e. The second-order valence-corrected chi connectivity index (χ2v) is 4.61. The van der Waals surface area contributed by atoms with E-state index in [-0.39, 0.29) is 23.6 Å². The van der Waals surface area contributed by atoms with Crippen molar-refractivity contribution in [2.45, 2.75) is 32.6 Å². The van der Waals surface area contributed by atoms with Crippen molar-refractivity contribution >= 4 is 11.9 Å². The van der Waals surface area contributed by atoms with Crippen molar-refractivity contribution in [3.05, 3.63) is 11.6 Å². The highest BCUT2D eigenvalue weighted by molar-refractivity contribution is 5.90. The summed E-state index contributed by atoms with van der Waals surface area (Å²) in [5, 5.41) is 6.64. The molecule has 7 heteroatoms. The van der Waals surface area contributed by atoms with Crippen LogP contribution in [0.15, 0.2) is 0 Å². The van der Waals surface area contributed by atoms with Crippen molar-refractivity contribution in [1.82, 2.24) is 20.1 Å². The van der Waals surface area contributed by atoms with Crippen LogP contribution in [-0.4, -0.2) is 52.7 Å². The van der Waals surface area contributed by atoms with E-state index in [1.54, 1.807) is 7.05 Å². The van der Waals surface area contributed by atoms with Crippen LogP contribution in [0.2, 0.25) is 0 Å². The first-order valence-electron chi connectivity index (χ1n) is 6.20. The zero-order chi connectivity index (χ0) is 14.4. The molecule has 0 bridgehead atoms. The maximum Gasteiger partial charge on any atom is 0.305 e. The number of hydrogen-bond acceptors (Lipinski definition) is 5. The standard InChI is InChI=1S/C12H20N4O3/c1-8(2)10-13-11(15-14-10)12(18)16(3)7-5-6-9(17)19-4/h8H,5-7H2,1-4H3,(H,13,14,15). The molecule has 1 heterocycles. The molecule has 1 aromatic heterocycles. The Morgan fingerprint density at radius 3 is 2.63 bits per heavy atom. The minimum absolute atomic E-state index is 0.157. The Balaban J connectivity index is 2.49.